The summed E-state index contributed by atoms with van der Waals surface area (Å²) in [6, 6.07) is 0. The number of hydrogen-bond donors (Lipinski definition) is 1. The van der Waals surface area contributed by atoms with Gasteiger partial charge in [-0.1, -0.05) is 32.1 Å². The molecule has 0 atom stereocenters. The maximum atomic E-state index is 6.49. The molecule has 0 heterocycles. The second-order valence-corrected chi connectivity index (χ2v) is 8.80. The van der Waals surface area contributed by atoms with Gasteiger partial charge in [0.2, 0.25) is 0 Å². The van der Waals surface area contributed by atoms with E-state index in [1.54, 1.807) is 0 Å². The fourth-order valence-corrected chi connectivity index (χ4v) is 5.41. The van der Waals surface area contributed by atoms with Crippen molar-refractivity contribution in [3.8, 4) is 0 Å². The molecule has 3 rings (SSSR count). The second kappa shape index (κ2) is 10.9. The van der Waals surface area contributed by atoms with Crippen LogP contribution in [0.2, 0.25) is 0 Å². The summed E-state index contributed by atoms with van der Waals surface area (Å²) in [6.45, 7) is 1.96. The van der Waals surface area contributed by atoms with E-state index in [2.05, 4.69) is 5.32 Å². The average Bonchev–Trinajstić information content (AvgIpc) is 2.68. The van der Waals surface area contributed by atoms with E-state index in [9.17, 15) is 0 Å². The predicted molar refractivity (Wildman–Crippen MR) is 104 cm³/mol. The van der Waals surface area contributed by atoms with Crippen LogP contribution in [0.15, 0.2) is 0 Å². The van der Waals surface area contributed by atoms with Gasteiger partial charge in [-0.2, -0.15) is 0 Å². The minimum atomic E-state index is 0.485. The largest absolute Gasteiger partial charge is 0.378 e. The third kappa shape index (κ3) is 6.52. The van der Waals surface area contributed by atoms with Gasteiger partial charge in [-0.25, -0.2) is 0 Å². The summed E-state index contributed by atoms with van der Waals surface area (Å²) in [4.78, 5) is 0. The van der Waals surface area contributed by atoms with Crippen molar-refractivity contribution in [2.45, 2.75) is 108 Å². The van der Waals surface area contributed by atoms with E-state index in [0.717, 1.165) is 31.4 Å². The molecule has 0 radical (unpaired) electrons. The Balaban J connectivity index is 1.27. The molecule has 146 valence electrons. The third-order valence-corrected chi connectivity index (χ3v) is 6.97. The highest BCUT2D eigenvalue weighted by Crippen LogP contribution is 2.39. The van der Waals surface area contributed by atoms with Crippen LogP contribution in [0.25, 0.3) is 0 Å². The van der Waals surface area contributed by atoms with Crippen LogP contribution in [0.4, 0.5) is 0 Å². The first-order valence-corrected chi connectivity index (χ1v) is 11.3. The van der Waals surface area contributed by atoms with Crippen molar-refractivity contribution in [3.05, 3.63) is 0 Å². The fraction of sp³-hybridized carbons (Fsp3) is 1.00. The van der Waals surface area contributed by atoms with Crippen LogP contribution in [-0.2, 0) is 9.47 Å². The molecule has 25 heavy (non-hydrogen) atoms. The molecule has 0 spiro atoms. The Morgan fingerprint density at radius 1 is 0.680 bits per heavy atom. The molecule has 0 amide bonds. The summed E-state index contributed by atoms with van der Waals surface area (Å²) in [6.07, 6.45) is 20.5. The van der Waals surface area contributed by atoms with E-state index < -0.39 is 0 Å². The van der Waals surface area contributed by atoms with Crippen molar-refractivity contribution in [1.82, 2.24) is 5.32 Å². The molecule has 0 aromatic heterocycles. The maximum absolute atomic E-state index is 6.49. The van der Waals surface area contributed by atoms with Crippen LogP contribution in [-0.4, -0.2) is 38.5 Å². The van der Waals surface area contributed by atoms with Crippen molar-refractivity contribution >= 4 is 0 Å². The zero-order valence-electron chi connectivity index (χ0n) is 16.5. The van der Waals surface area contributed by atoms with E-state index >= 15 is 0 Å². The Labute approximate surface area is 155 Å². The molecule has 3 saturated carbocycles. The molecule has 0 bridgehead atoms. The lowest BCUT2D eigenvalue weighted by Crippen LogP contribution is -2.33. The van der Waals surface area contributed by atoms with Crippen LogP contribution < -0.4 is 5.32 Å². The molecule has 3 aliphatic carbocycles. The lowest BCUT2D eigenvalue weighted by atomic mass is 9.73. The van der Waals surface area contributed by atoms with E-state index in [1.165, 1.54) is 83.5 Å². The first-order valence-electron chi connectivity index (χ1n) is 11.3. The quantitative estimate of drug-likeness (QED) is 0.619. The number of ether oxygens (including phenoxy) is 2. The molecule has 3 nitrogen and oxygen atoms in total. The van der Waals surface area contributed by atoms with Gasteiger partial charge >= 0.3 is 0 Å². The molecule has 3 fully saturated rings. The van der Waals surface area contributed by atoms with Crippen LogP contribution in [0.1, 0.15) is 89.9 Å². The summed E-state index contributed by atoms with van der Waals surface area (Å²) in [7, 11) is 2.01. The highest BCUT2D eigenvalue weighted by molar-refractivity contribution is 4.82. The molecule has 0 aliphatic heterocycles. The van der Waals surface area contributed by atoms with Crippen LogP contribution >= 0.6 is 0 Å². The van der Waals surface area contributed by atoms with Gasteiger partial charge in [-0.15, -0.1) is 0 Å². The summed E-state index contributed by atoms with van der Waals surface area (Å²) in [5.74, 6) is 2.06. The van der Waals surface area contributed by atoms with E-state index in [0.29, 0.717) is 18.3 Å². The summed E-state index contributed by atoms with van der Waals surface area (Å²) in [5, 5.41) is 3.18. The lowest BCUT2D eigenvalue weighted by Gasteiger charge is -2.38. The lowest BCUT2D eigenvalue weighted by molar-refractivity contribution is -0.0779. The molecule has 1 N–H and O–H groups in total. The van der Waals surface area contributed by atoms with Crippen molar-refractivity contribution in [1.29, 1.82) is 0 Å². The Kier molecular flexibility index (Phi) is 8.55. The number of rotatable bonds is 8. The summed E-state index contributed by atoms with van der Waals surface area (Å²) >= 11 is 0. The van der Waals surface area contributed by atoms with Crippen molar-refractivity contribution in [2.75, 3.05) is 20.2 Å². The maximum Gasteiger partial charge on any atom is 0.0580 e. The van der Waals surface area contributed by atoms with Crippen LogP contribution in [0, 0.1) is 11.8 Å². The van der Waals surface area contributed by atoms with Gasteiger partial charge in [0.1, 0.15) is 0 Å². The van der Waals surface area contributed by atoms with Crippen molar-refractivity contribution in [3.63, 3.8) is 0 Å². The summed E-state index contributed by atoms with van der Waals surface area (Å²) < 4.78 is 12.5. The predicted octanol–water partition coefficient (Wildman–Crippen LogP) is 5.08. The fourth-order valence-electron chi connectivity index (χ4n) is 5.41. The zero-order chi connectivity index (χ0) is 17.3. The van der Waals surface area contributed by atoms with Gasteiger partial charge in [0, 0.05) is 6.61 Å². The molecular formula is C22H41NO2. The van der Waals surface area contributed by atoms with Crippen LogP contribution in [0.3, 0.4) is 0 Å². The van der Waals surface area contributed by atoms with Crippen molar-refractivity contribution < 1.29 is 9.47 Å². The van der Waals surface area contributed by atoms with E-state index in [4.69, 9.17) is 9.47 Å². The average molecular weight is 352 g/mol. The van der Waals surface area contributed by atoms with Gasteiger partial charge < -0.3 is 14.8 Å². The standard InChI is InChI=1S/C22H41NO2/c1-23-16-5-17-24-20-12-14-22(15-13-20)25-21-10-8-19(9-11-21)18-6-3-2-4-7-18/h18-23H,2-17H2,1H3. The van der Waals surface area contributed by atoms with Gasteiger partial charge in [-0.3, -0.25) is 0 Å². The monoisotopic (exact) mass is 351 g/mol. The molecule has 0 aromatic carbocycles. The highest BCUT2D eigenvalue weighted by atomic mass is 16.5. The molecule has 0 aromatic rings. The first kappa shape index (κ1) is 19.6. The Hall–Kier alpha value is -0.120. The number of nitrogens with one attached hydrogen (secondary N) is 1. The van der Waals surface area contributed by atoms with Crippen LogP contribution in [0.5, 0.6) is 0 Å². The van der Waals surface area contributed by atoms with E-state index in [-0.39, 0.29) is 0 Å². The van der Waals surface area contributed by atoms with E-state index in [1.807, 2.05) is 7.05 Å². The second-order valence-electron chi connectivity index (χ2n) is 8.80. The van der Waals surface area contributed by atoms with Gasteiger partial charge in [0.25, 0.3) is 0 Å². The smallest absolute Gasteiger partial charge is 0.0580 e. The zero-order valence-corrected chi connectivity index (χ0v) is 16.5. The molecule has 0 saturated heterocycles. The molecule has 3 heteroatoms. The highest BCUT2D eigenvalue weighted by Gasteiger charge is 2.31. The molecule has 3 aliphatic rings. The number of hydrogen-bond acceptors (Lipinski definition) is 3. The third-order valence-electron chi connectivity index (χ3n) is 6.97. The SMILES string of the molecule is CNCCCOC1CCC(OC2CCC(C3CCCCC3)CC2)CC1. The Bertz CT molecular complexity index is 340. The van der Waals surface area contributed by atoms with Gasteiger partial charge in [-0.05, 0) is 83.2 Å². The van der Waals surface area contributed by atoms with Gasteiger partial charge in [0.05, 0.1) is 18.3 Å². The van der Waals surface area contributed by atoms with Gasteiger partial charge in [0.15, 0.2) is 0 Å². The molecular weight excluding hydrogens is 310 g/mol. The normalized spacial score (nSPS) is 34.9. The Morgan fingerprint density at radius 3 is 1.88 bits per heavy atom. The first-order chi connectivity index (χ1) is 12.3. The minimum Gasteiger partial charge on any atom is -0.378 e. The Morgan fingerprint density at radius 2 is 1.24 bits per heavy atom. The minimum absolute atomic E-state index is 0.485. The van der Waals surface area contributed by atoms with Crippen molar-refractivity contribution in [2.24, 2.45) is 11.8 Å². The molecule has 0 unspecified atom stereocenters. The summed E-state index contributed by atoms with van der Waals surface area (Å²) in [5.41, 5.74) is 0. The topological polar surface area (TPSA) is 30.5 Å².